The number of para-hydroxylation sites is 1. The van der Waals surface area contributed by atoms with Crippen molar-refractivity contribution in [2.75, 3.05) is 13.7 Å². The minimum Gasteiger partial charge on any atom is -0.496 e. The zero-order chi connectivity index (χ0) is 15.8. The first kappa shape index (κ1) is 17.5. The standard InChI is InChI=1S/C16H25NO4/c1-11(2)15(10-18)21-17-16(19)9-12(3)13-7-5-6-8-14(13)20-4/h5-8,11-12,15,18H,9-10H2,1-4H3,(H,17,19). The largest absolute Gasteiger partial charge is 0.496 e. The lowest BCUT2D eigenvalue weighted by molar-refractivity contribution is -0.144. The molecule has 0 aliphatic rings. The minimum absolute atomic E-state index is 0.0105. The molecule has 5 nitrogen and oxygen atoms in total. The topological polar surface area (TPSA) is 67.8 Å². The Balaban J connectivity index is 2.54. The van der Waals surface area contributed by atoms with Crippen LogP contribution in [0.3, 0.4) is 0 Å². The molecule has 0 fully saturated rings. The Labute approximate surface area is 126 Å². The lowest BCUT2D eigenvalue weighted by atomic mass is 9.96. The predicted octanol–water partition coefficient (Wildman–Crippen LogP) is 2.25. The van der Waals surface area contributed by atoms with E-state index in [2.05, 4.69) is 5.48 Å². The molecule has 1 amide bonds. The molecule has 2 N–H and O–H groups in total. The maximum Gasteiger partial charge on any atom is 0.244 e. The average molecular weight is 295 g/mol. The van der Waals surface area contributed by atoms with E-state index >= 15 is 0 Å². The monoisotopic (exact) mass is 295 g/mol. The van der Waals surface area contributed by atoms with Gasteiger partial charge in [0.05, 0.1) is 13.7 Å². The number of hydrogen-bond donors (Lipinski definition) is 2. The van der Waals surface area contributed by atoms with E-state index in [1.54, 1.807) is 7.11 Å². The first-order chi connectivity index (χ1) is 9.99. The number of aliphatic hydroxyl groups excluding tert-OH is 1. The van der Waals surface area contributed by atoms with Crippen LogP contribution in [-0.4, -0.2) is 30.8 Å². The molecule has 1 rings (SSSR count). The smallest absolute Gasteiger partial charge is 0.244 e. The van der Waals surface area contributed by atoms with Gasteiger partial charge in [-0.25, -0.2) is 5.48 Å². The van der Waals surface area contributed by atoms with Crippen molar-refractivity contribution in [2.24, 2.45) is 5.92 Å². The Hall–Kier alpha value is -1.59. The molecule has 0 aliphatic carbocycles. The number of carbonyl (C=O) groups is 1. The lowest BCUT2D eigenvalue weighted by Crippen LogP contribution is -2.35. The van der Waals surface area contributed by atoms with Gasteiger partial charge in [0.2, 0.25) is 5.91 Å². The summed E-state index contributed by atoms with van der Waals surface area (Å²) in [5.74, 6) is 0.694. The zero-order valence-electron chi connectivity index (χ0n) is 13.1. The van der Waals surface area contributed by atoms with Gasteiger partial charge in [0.25, 0.3) is 0 Å². The van der Waals surface area contributed by atoms with E-state index in [-0.39, 0.29) is 30.8 Å². The summed E-state index contributed by atoms with van der Waals surface area (Å²) in [4.78, 5) is 17.1. The van der Waals surface area contributed by atoms with Crippen LogP contribution in [0.2, 0.25) is 0 Å². The maximum absolute atomic E-state index is 11.9. The molecule has 118 valence electrons. The van der Waals surface area contributed by atoms with Crippen LogP contribution < -0.4 is 10.2 Å². The number of carbonyl (C=O) groups excluding carboxylic acids is 1. The van der Waals surface area contributed by atoms with Crippen molar-refractivity contribution in [1.82, 2.24) is 5.48 Å². The molecule has 0 spiro atoms. The van der Waals surface area contributed by atoms with Crippen LogP contribution in [0.5, 0.6) is 5.75 Å². The summed E-state index contributed by atoms with van der Waals surface area (Å²) >= 11 is 0. The highest BCUT2D eigenvalue weighted by Gasteiger charge is 2.18. The summed E-state index contributed by atoms with van der Waals surface area (Å²) in [6, 6.07) is 7.64. The predicted molar refractivity (Wildman–Crippen MR) is 81.0 cm³/mol. The number of rotatable bonds is 8. The Morgan fingerprint density at radius 3 is 2.52 bits per heavy atom. The molecule has 1 aromatic carbocycles. The molecule has 0 saturated heterocycles. The summed E-state index contributed by atoms with van der Waals surface area (Å²) in [5.41, 5.74) is 3.40. The second-order valence-electron chi connectivity index (χ2n) is 5.46. The number of methoxy groups -OCH3 is 1. The van der Waals surface area contributed by atoms with Gasteiger partial charge in [0, 0.05) is 6.42 Å². The van der Waals surface area contributed by atoms with Gasteiger partial charge in [-0.15, -0.1) is 0 Å². The maximum atomic E-state index is 11.9. The third kappa shape index (κ3) is 5.36. The Kier molecular flexibility index (Phi) is 7.19. The van der Waals surface area contributed by atoms with E-state index in [9.17, 15) is 4.79 Å². The van der Waals surface area contributed by atoms with Gasteiger partial charge in [-0.3, -0.25) is 9.63 Å². The molecule has 0 aromatic heterocycles. The summed E-state index contributed by atoms with van der Waals surface area (Å²) in [5, 5.41) is 9.14. The first-order valence-corrected chi connectivity index (χ1v) is 7.17. The second kappa shape index (κ2) is 8.64. The van der Waals surface area contributed by atoms with Crippen LogP contribution in [0.25, 0.3) is 0 Å². The molecule has 5 heteroatoms. The van der Waals surface area contributed by atoms with E-state index in [1.165, 1.54) is 0 Å². The molecule has 1 aromatic rings. The summed E-state index contributed by atoms with van der Waals surface area (Å²) in [6.07, 6.45) is -0.105. The number of hydroxylamine groups is 1. The summed E-state index contributed by atoms with van der Waals surface area (Å²) < 4.78 is 5.30. The molecule has 21 heavy (non-hydrogen) atoms. The lowest BCUT2D eigenvalue weighted by Gasteiger charge is -2.20. The number of benzene rings is 1. The SMILES string of the molecule is COc1ccccc1C(C)CC(=O)NOC(CO)C(C)C. The number of nitrogens with one attached hydrogen (secondary N) is 1. The molecular formula is C16H25NO4. The van der Waals surface area contributed by atoms with Crippen LogP contribution in [-0.2, 0) is 9.63 Å². The number of aliphatic hydroxyl groups is 1. The van der Waals surface area contributed by atoms with E-state index in [0.29, 0.717) is 0 Å². The van der Waals surface area contributed by atoms with E-state index in [1.807, 2.05) is 45.0 Å². The molecule has 0 saturated carbocycles. The first-order valence-electron chi connectivity index (χ1n) is 7.17. The normalized spacial score (nSPS) is 13.8. The van der Waals surface area contributed by atoms with Crippen LogP contribution >= 0.6 is 0 Å². The van der Waals surface area contributed by atoms with Crippen LogP contribution in [0.4, 0.5) is 0 Å². The van der Waals surface area contributed by atoms with Gasteiger partial charge >= 0.3 is 0 Å². The van der Waals surface area contributed by atoms with Crippen LogP contribution in [0.15, 0.2) is 24.3 Å². The molecule has 2 unspecified atom stereocenters. The molecule has 0 bridgehead atoms. The molecule has 0 heterocycles. The minimum atomic E-state index is -0.393. The highest BCUT2D eigenvalue weighted by Crippen LogP contribution is 2.28. The van der Waals surface area contributed by atoms with Gasteiger partial charge in [0.1, 0.15) is 11.9 Å². The number of amides is 1. The van der Waals surface area contributed by atoms with Gasteiger partial charge in [-0.2, -0.15) is 0 Å². The van der Waals surface area contributed by atoms with Crippen molar-refractivity contribution in [3.63, 3.8) is 0 Å². The van der Waals surface area contributed by atoms with E-state index < -0.39 is 6.10 Å². The third-order valence-corrected chi connectivity index (χ3v) is 3.41. The van der Waals surface area contributed by atoms with Gasteiger partial charge in [-0.05, 0) is 23.5 Å². The third-order valence-electron chi connectivity index (χ3n) is 3.41. The van der Waals surface area contributed by atoms with Crippen LogP contribution in [0, 0.1) is 5.92 Å². The van der Waals surface area contributed by atoms with Gasteiger partial charge in [0.15, 0.2) is 0 Å². The van der Waals surface area contributed by atoms with E-state index in [0.717, 1.165) is 11.3 Å². The second-order valence-corrected chi connectivity index (χ2v) is 5.46. The Morgan fingerprint density at radius 1 is 1.29 bits per heavy atom. The molecule has 0 aliphatic heterocycles. The van der Waals surface area contributed by atoms with Crippen molar-refractivity contribution in [3.05, 3.63) is 29.8 Å². The van der Waals surface area contributed by atoms with E-state index in [4.69, 9.17) is 14.7 Å². The average Bonchev–Trinajstić information content (AvgIpc) is 2.47. The fourth-order valence-electron chi connectivity index (χ4n) is 2.03. The summed E-state index contributed by atoms with van der Waals surface area (Å²) in [6.45, 7) is 5.68. The molecule has 2 atom stereocenters. The highest BCUT2D eigenvalue weighted by molar-refractivity contribution is 5.75. The number of ether oxygens (including phenoxy) is 1. The van der Waals surface area contributed by atoms with Crippen molar-refractivity contribution in [3.8, 4) is 5.75 Å². The van der Waals surface area contributed by atoms with Crippen molar-refractivity contribution < 1.29 is 19.5 Å². The van der Waals surface area contributed by atoms with Crippen molar-refractivity contribution in [2.45, 2.75) is 39.2 Å². The van der Waals surface area contributed by atoms with Crippen LogP contribution in [0.1, 0.15) is 38.7 Å². The van der Waals surface area contributed by atoms with Crippen molar-refractivity contribution in [1.29, 1.82) is 0 Å². The van der Waals surface area contributed by atoms with Crippen molar-refractivity contribution >= 4 is 5.91 Å². The Morgan fingerprint density at radius 2 is 1.95 bits per heavy atom. The molecular weight excluding hydrogens is 270 g/mol. The van der Waals surface area contributed by atoms with Gasteiger partial charge in [-0.1, -0.05) is 39.0 Å². The summed E-state index contributed by atoms with van der Waals surface area (Å²) in [7, 11) is 1.61. The zero-order valence-corrected chi connectivity index (χ0v) is 13.1. The van der Waals surface area contributed by atoms with Gasteiger partial charge < -0.3 is 9.84 Å². The Bertz CT molecular complexity index is 448. The molecule has 0 radical (unpaired) electrons. The number of hydrogen-bond acceptors (Lipinski definition) is 4. The fraction of sp³-hybridized carbons (Fsp3) is 0.562. The fourth-order valence-corrected chi connectivity index (χ4v) is 2.03. The highest BCUT2D eigenvalue weighted by atomic mass is 16.7. The quantitative estimate of drug-likeness (QED) is 0.722.